The maximum absolute atomic E-state index is 12.7. The molecule has 10 heteroatoms. The number of alkyl carbamates (subject to hydrolysis) is 1. The average Bonchev–Trinajstić information content (AvgIpc) is 3.25. The van der Waals surface area contributed by atoms with Gasteiger partial charge in [-0.1, -0.05) is 30.3 Å². The number of rotatable bonds is 6. The Labute approximate surface area is 196 Å². The lowest BCUT2D eigenvalue weighted by atomic mass is 9.92. The van der Waals surface area contributed by atoms with Gasteiger partial charge in [0.15, 0.2) is 0 Å². The number of amides is 1. The van der Waals surface area contributed by atoms with E-state index in [2.05, 4.69) is 15.5 Å². The summed E-state index contributed by atoms with van der Waals surface area (Å²) in [5.74, 6) is -0.633. The first-order chi connectivity index (χ1) is 15.9. The number of aromatic nitrogens is 3. The molecule has 0 aliphatic heterocycles. The van der Waals surface area contributed by atoms with Gasteiger partial charge in [-0.25, -0.2) is 9.59 Å². The SMILES string of the molecule is COC(=O)c1cc(-c2nnc(C(C)(Cc3ccccc3)NC(=O)OC(C)(C)C)o2)c(=O)n(C)c1. The molecule has 1 unspecified atom stereocenters. The van der Waals surface area contributed by atoms with Crippen molar-refractivity contribution in [1.82, 2.24) is 20.1 Å². The molecule has 1 atom stereocenters. The van der Waals surface area contributed by atoms with Crippen molar-refractivity contribution < 1.29 is 23.5 Å². The molecule has 3 rings (SSSR count). The topological polar surface area (TPSA) is 126 Å². The van der Waals surface area contributed by atoms with Crippen LogP contribution in [-0.4, -0.2) is 39.5 Å². The fraction of sp³-hybridized carbons (Fsp3) is 0.375. The summed E-state index contributed by atoms with van der Waals surface area (Å²) >= 11 is 0. The van der Waals surface area contributed by atoms with E-state index in [0.29, 0.717) is 6.42 Å². The summed E-state index contributed by atoms with van der Waals surface area (Å²) in [5, 5.41) is 11.0. The summed E-state index contributed by atoms with van der Waals surface area (Å²) in [6, 6.07) is 10.8. The van der Waals surface area contributed by atoms with Crippen LogP contribution in [0.1, 0.15) is 49.5 Å². The average molecular weight is 469 g/mol. The largest absolute Gasteiger partial charge is 0.465 e. The minimum atomic E-state index is -1.15. The number of aryl methyl sites for hydroxylation is 1. The second-order valence-electron chi connectivity index (χ2n) is 9.08. The highest BCUT2D eigenvalue weighted by molar-refractivity contribution is 5.90. The van der Waals surface area contributed by atoms with Gasteiger partial charge in [0.1, 0.15) is 16.7 Å². The van der Waals surface area contributed by atoms with Crippen molar-refractivity contribution in [3.8, 4) is 11.5 Å². The van der Waals surface area contributed by atoms with Gasteiger partial charge in [0.25, 0.3) is 11.4 Å². The Morgan fingerprint density at radius 2 is 1.79 bits per heavy atom. The minimum absolute atomic E-state index is 0.0310. The molecule has 0 aliphatic carbocycles. The van der Waals surface area contributed by atoms with Gasteiger partial charge in [-0.2, -0.15) is 0 Å². The van der Waals surface area contributed by atoms with Gasteiger partial charge in [-0.3, -0.25) is 4.79 Å². The van der Waals surface area contributed by atoms with Crippen LogP contribution < -0.4 is 10.9 Å². The fourth-order valence-corrected chi connectivity index (χ4v) is 3.36. The van der Waals surface area contributed by atoms with Crippen LogP contribution >= 0.6 is 0 Å². The van der Waals surface area contributed by atoms with Crippen molar-refractivity contribution in [2.45, 2.75) is 45.3 Å². The zero-order valence-electron chi connectivity index (χ0n) is 20.0. The van der Waals surface area contributed by atoms with Crippen LogP contribution in [0.3, 0.4) is 0 Å². The third kappa shape index (κ3) is 5.69. The Hall–Kier alpha value is -3.95. The summed E-state index contributed by atoms with van der Waals surface area (Å²) in [7, 11) is 2.74. The number of pyridine rings is 1. The molecule has 1 N–H and O–H groups in total. The molecule has 0 saturated carbocycles. The van der Waals surface area contributed by atoms with Crippen LogP contribution in [0.25, 0.3) is 11.5 Å². The van der Waals surface area contributed by atoms with Gasteiger partial charge in [-0.15, -0.1) is 10.2 Å². The van der Waals surface area contributed by atoms with E-state index < -0.39 is 28.8 Å². The molecule has 2 aromatic heterocycles. The number of carbonyl (C=O) groups is 2. The first-order valence-electron chi connectivity index (χ1n) is 10.6. The lowest BCUT2D eigenvalue weighted by Gasteiger charge is -2.29. The number of nitrogens with zero attached hydrogens (tertiary/aromatic N) is 3. The summed E-state index contributed by atoms with van der Waals surface area (Å²) < 4.78 is 17.3. The van der Waals surface area contributed by atoms with Crippen molar-refractivity contribution in [2.24, 2.45) is 7.05 Å². The first kappa shape index (κ1) is 24.7. The van der Waals surface area contributed by atoms with Crippen molar-refractivity contribution in [3.63, 3.8) is 0 Å². The van der Waals surface area contributed by atoms with Crippen LogP contribution in [-0.2, 0) is 28.5 Å². The van der Waals surface area contributed by atoms with E-state index in [-0.39, 0.29) is 22.9 Å². The van der Waals surface area contributed by atoms with Crippen molar-refractivity contribution >= 4 is 12.1 Å². The Balaban J connectivity index is 2.03. The highest BCUT2D eigenvalue weighted by Crippen LogP contribution is 2.28. The van der Waals surface area contributed by atoms with E-state index in [1.54, 1.807) is 27.7 Å². The summed E-state index contributed by atoms with van der Waals surface area (Å²) in [6.07, 6.45) is 1.02. The molecule has 2 heterocycles. The van der Waals surface area contributed by atoms with Crippen LogP contribution in [0.5, 0.6) is 0 Å². The summed E-state index contributed by atoms with van der Waals surface area (Å²) in [5.41, 5.74) is -1.21. The Bertz CT molecular complexity index is 1240. The van der Waals surface area contributed by atoms with E-state index in [1.165, 1.54) is 31.0 Å². The highest BCUT2D eigenvalue weighted by Gasteiger charge is 2.37. The molecule has 0 spiro atoms. The highest BCUT2D eigenvalue weighted by atomic mass is 16.6. The molecule has 180 valence electrons. The lowest BCUT2D eigenvalue weighted by Crippen LogP contribution is -2.47. The zero-order chi connectivity index (χ0) is 25.1. The van der Waals surface area contributed by atoms with Gasteiger partial charge < -0.3 is 23.8 Å². The number of ether oxygens (including phenoxy) is 2. The lowest BCUT2D eigenvalue weighted by molar-refractivity contribution is 0.0443. The maximum Gasteiger partial charge on any atom is 0.408 e. The second-order valence-corrected chi connectivity index (χ2v) is 9.08. The molecule has 0 radical (unpaired) electrons. The molecule has 0 aliphatic rings. The Kier molecular flexibility index (Phi) is 6.90. The van der Waals surface area contributed by atoms with E-state index in [1.807, 2.05) is 30.3 Å². The predicted octanol–water partition coefficient (Wildman–Crippen LogP) is 3.20. The van der Waals surface area contributed by atoms with Gasteiger partial charge in [-0.05, 0) is 39.3 Å². The van der Waals surface area contributed by atoms with E-state index in [9.17, 15) is 14.4 Å². The number of methoxy groups -OCH3 is 1. The van der Waals surface area contributed by atoms with Crippen molar-refractivity contribution in [3.05, 3.63) is 70.0 Å². The van der Waals surface area contributed by atoms with E-state index >= 15 is 0 Å². The van der Waals surface area contributed by atoms with Crippen LogP contribution in [0.15, 0.2) is 51.8 Å². The Morgan fingerprint density at radius 1 is 1.12 bits per heavy atom. The molecule has 1 aromatic carbocycles. The Morgan fingerprint density at radius 3 is 2.41 bits per heavy atom. The van der Waals surface area contributed by atoms with E-state index in [4.69, 9.17) is 13.9 Å². The molecular formula is C24H28N4O6. The summed E-state index contributed by atoms with van der Waals surface area (Å²) in [6.45, 7) is 7.01. The zero-order valence-corrected chi connectivity index (χ0v) is 20.0. The molecule has 0 fully saturated rings. The number of carbonyl (C=O) groups excluding carboxylic acids is 2. The van der Waals surface area contributed by atoms with Crippen LogP contribution in [0.4, 0.5) is 4.79 Å². The molecule has 34 heavy (non-hydrogen) atoms. The number of hydrogen-bond donors (Lipinski definition) is 1. The smallest absolute Gasteiger partial charge is 0.408 e. The second kappa shape index (κ2) is 9.50. The monoisotopic (exact) mass is 468 g/mol. The number of benzene rings is 1. The van der Waals surface area contributed by atoms with Crippen molar-refractivity contribution in [1.29, 1.82) is 0 Å². The van der Waals surface area contributed by atoms with Gasteiger partial charge in [0, 0.05) is 19.7 Å². The normalized spacial score (nSPS) is 13.1. The van der Waals surface area contributed by atoms with Crippen LogP contribution in [0.2, 0.25) is 0 Å². The third-order valence-corrected chi connectivity index (χ3v) is 4.91. The maximum atomic E-state index is 12.7. The van der Waals surface area contributed by atoms with E-state index in [0.717, 1.165) is 5.56 Å². The quantitative estimate of drug-likeness (QED) is 0.547. The molecule has 3 aromatic rings. The molecule has 10 nitrogen and oxygen atoms in total. The standard InChI is InChI=1S/C24H28N4O6/c1-23(2,3)34-22(31)25-24(4,13-15-10-8-7-9-11-15)21-27-26-18(33-21)17-12-16(20(30)32-6)14-28(5)19(17)29/h7-12,14H,13H2,1-6H3,(H,25,31). The molecular weight excluding hydrogens is 440 g/mol. The summed E-state index contributed by atoms with van der Waals surface area (Å²) in [4.78, 5) is 37.3. The molecule has 0 bridgehead atoms. The number of nitrogens with one attached hydrogen (secondary N) is 1. The number of hydrogen-bond acceptors (Lipinski definition) is 8. The first-order valence-corrected chi connectivity index (χ1v) is 10.6. The van der Waals surface area contributed by atoms with Gasteiger partial charge in [0.05, 0.1) is 12.7 Å². The van der Waals surface area contributed by atoms with Crippen LogP contribution in [0, 0.1) is 0 Å². The fourth-order valence-electron chi connectivity index (χ4n) is 3.36. The van der Waals surface area contributed by atoms with Gasteiger partial charge >= 0.3 is 12.1 Å². The van der Waals surface area contributed by atoms with Crippen molar-refractivity contribution in [2.75, 3.05) is 7.11 Å². The number of esters is 1. The molecule has 0 saturated heterocycles. The molecule has 1 amide bonds. The third-order valence-electron chi connectivity index (χ3n) is 4.91. The minimum Gasteiger partial charge on any atom is -0.465 e. The predicted molar refractivity (Wildman–Crippen MR) is 123 cm³/mol. The van der Waals surface area contributed by atoms with Gasteiger partial charge in [0.2, 0.25) is 5.89 Å².